The zero-order chi connectivity index (χ0) is 25.8. The molecule has 0 unspecified atom stereocenters. The maximum absolute atomic E-state index is 13.3. The molecule has 2 saturated heterocycles. The van der Waals surface area contributed by atoms with Gasteiger partial charge in [-0.25, -0.2) is 0 Å². The summed E-state index contributed by atoms with van der Waals surface area (Å²) in [6.07, 6.45) is 5.81. The summed E-state index contributed by atoms with van der Waals surface area (Å²) in [5, 5.41) is 2.12. The fraction of sp³-hybridized carbons (Fsp3) is 0.276. The van der Waals surface area contributed by atoms with Crippen LogP contribution in [0.4, 0.5) is 4.79 Å². The van der Waals surface area contributed by atoms with Crippen molar-refractivity contribution in [3.8, 4) is 5.75 Å². The molecule has 0 atom stereocenters. The van der Waals surface area contributed by atoms with Crippen LogP contribution in [-0.2, 0) is 16.2 Å². The third-order valence-corrected chi connectivity index (χ3v) is 7.80. The predicted octanol–water partition coefficient (Wildman–Crippen LogP) is 6.51. The predicted molar refractivity (Wildman–Crippen MR) is 147 cm³/mol. The number of hydrogen-bond acceptors (Lipinski definition) is 5. The summed E-state index contributed by atoms with van der Waals surface area (Å²) < 4.78 is 6.16. The number of carbonyl (C=O) groups is 3. The number of rotatable bonds is 6. The molecule has 8 heteroatoms. The summed E-state index contributed by atoms with van der Waals surface area (Å²) in [4.78, 5) is 42.0. The van der Waals surface area contributed by atoms with E-state index in [4.69, 9.17) is 16.3 Å². The zero-order valence-electron chi connectivity index (χ0n) is 20.3. The highest BCUT2D eigenvalue weighted by atomic mass is 35.5. The van der Waals surface area contributed by atoms with Crippen LogP contribution in [0.15, 0.2) is 65.6 Å². The number of carbonyl (C=O) groups excluding carboxylic acids is 3. The van der Waals surface area contributed by atoms with Gasteiger partial charge in [-0.15, -0.1) is 0 Å². The van der Waals surface area contributed by atoms with Crippen LogP contribution >= 0.6 is 23.4 Å². The molecule has 0 radical (unpaired) electrons. The van der Waals surface area contributed by atoms with Gasteiger partial charge in [0.25, 0.3) is 11.1 Å². The number of halogens is 1. The second-order valence-corrected chi connectivity index (χ2v) is 10.6. The van der Waals surface area contributed by atoms with Crippen LogP contribution < -0.4 is 4.74 Å². The Balaban J connectivity index is 1.40. The van der Waals surface area contributed by atoms with Crippen molar-refractivity contribution in [2.45, 2.75) is 32.3 Å². The highest BCUT2D eigenvalue weighted by molar-refractivity contribution is 8.18. The van der Waals surface area contributed by atoms with Gasteiger partial charge in [0.05, 0.1) is 4.91 Å². The first-order valence-corrected chi connectivity index (χ1v) is 13.6. The molecule has 190 valence electrons. The van der Waals surface area contributed by atoms with Crippen molar-refractivity contribution >= 4 is 57.3 Å². The van der Waals surface area contributed by atoms with Crippen molar-refractivity contribution in [1.82, 2.24) is 9.80 Å². The summed E-state index contributed by atoms with van der Waals surface area (Å²) in [6.45, 7) is 1.45. The number of likely N-dealkylation sites (tertiary alicyclic amines) is 1. The van der Waals surface area contributed by atoms with E-state index in [9.17, 15) is 14.4 Å². The third kappa shape index (κ3) is 5.84. The van der Waals surface area contributed by atoms with Gasteiger partial charge in [0, 0.05) is 23.7 Å². The first-order valence-electron chi connectivity index (χ1n) is 12.4. The van der Waals surface area contributed by atoms with Crippen molar-refractivity contribution < 1.29 is 19.1 Å². The second-order valence-electron chi connectivity index (χ2n) is 9.18. The average molecular weight is 535 g/mol. The molecule has 0 saturated carbocycles. The molecule has 0 aliphatic carbocycles. The lowest BCUT2D eigenvalue weighted by atomic mass is 10.0. The number of ether oxygens (including phenoxy) is 1. The van der Waals surface area contributed by atoms with Crippen LogP contribution in [0.1, 0.15) is 36.8 Å². The summed E-state index contributed by atoms with van der Waals surface area (Å²) in [6, 6.07) is 19.1. The largest absolute Gasteiger partial charge is 0.488 e. The van der Waals surface area contributed by atoms with Crippen molar-refractivity contribution in [1.29, 1.82) is 0 Å². The van der Waals surface area contributed by atoms with Crippen LogP contribution in [0.2, 0.25) is 5.02 Å². The van der Waals surface area contributed by atoms with Gasteiger partial charge < -0.3 is 9.64 Å². The fourth-order valence-electron chi connectivity index (χ4n) is 4.61. The average Bonchev–Trinajstić information content (AvgIpc) is 3.09. The molecule has 3 amide bonds. The highest BCUT2D eigenvalue weighted by Crippen LogP contribution is 2.37. The molecular formula is C29H27ClN2O4S. The Morgan fingerprint density at radius 2 is 1.68 bits per heavy atom. The van der Waals surface area contributed by atoms with Gasteiger partial charge in [-0.05, 0) is 65.2 Å². The van der Waals surface area contributed by atoms with E-state index in [0.717, 1.165) is 64.2 Å². The monoisotopic (exact) mass is 534 g/mol. The summed E-state index contributed by atoms with van der Waals surface area (Å²) in [5.41, 5.74) is 1.67. The van der Waals surface area contributed by atoms with Crippen LogP contribution in [0.3, 0.4) is 0 Å². The number of thioether (sulfide) groups is 1. The van der Waals surface area contributed by atoms with E-state index in [1.54, 1.807) is 11.0 Å². The Bertz CT molecular complexity index is 1360. The molecular weight excluding hydrogens is 508 g/mol. The van der Waals surface area contributed by atoms with Crippen molar-refractivity contribution in [2.24, 2.45) is 0 Å². The number of nitrogens with zero attached hydrogens (tertiary/aromatic N) is 2. The number of hydrogen-bond donors (Lipinski definition) is 0. The normalized spacial score (nSPS) is 17.5. The number of amides is 3. The second kappa shape index (κ2) is 11.4. The van der Waals surface area contributed by atoms with E-state index in [0.29, 0.717) is 30.5 Å². The molecule has 37 heavy (non-hydrogen) atoms. The van der Waals surface area contributed by atoms with E-state index < -0.39 is 11.1 Å². The van der Waals surface area contributed by atoms with Gasteiger partial charge >= 0.3 is 0 Å². The molecule has 2 aliphatic rings. The number of imide groups is 1. The first-order chi connectivity index (χ1) is 18.0. The summed E-state index contributed by atoms with van der Waals surface area (Å²) in [5.74, 6) is -0.0292. The summed E-state index contributed by atoms with van der Waals surface area (Å²) in [7, 11) is 0. The van der Waals surface area contributed by atoms with Gasteiger partial charge in [-0.3, -0.25) is 19.3 Å². The van der Waals surface area contributed by atoms with Crippen molar-refractivity contribution in [3.63, 3.8) is 0 Å². The maximum atomic E-state index is 13.3. The third-order valence-electron chi connectivity index (χ3n) is 6.64. The Morgan fingerprint density at radius 1 is 0.946 bits per heavy atom. The lowest BCUT2D eigenvalue weighted by Crippen LogP contribution is -2.42. The topological polar surface area (TPSA) is 66.9 Å². The number of benzene rings is 3. The minimum atomic E-state index is -0.449. The molecule has 6 nitrogen and oxygen atoms in total. The molecule has 0 N–H and O–H groups in total. The lowest BCUT2D eigenvalue weighted by Gasteiger charge is -2.22. The quantitative estimate of drug-likeness (QED) is 0.337. The lowest BCUT2D eigenvalue weighted by molar-refractivity contribution is -0.135. The molecule has 0 aromatic heterocycles. The van der Waals surface area contributed by atoms with Crippen LogP contribution in [0.25, 0.3) is 16.8 Å². The summed E-state index contributed by atoms with van der Waals surface area (Å²) >= 11 is 6.86. The SMILES string of the molecule is O=C(CN1C(=O)SC(=Cc2c(OCc3ccc(Cl)cc3)ccc3ccccc23)C1=O)N1CCCCCC1. The van der Waals surface area contributed by atoms with E-state index in [2.05, 4.69) is 0 Å². The van der Waals surface area contributed by atoms with E-state index in [1.165, 1.54) is 0 Å². The zero-order valence-corrected chi connectivity index (χ0v) is 21.9. The molecule has 5 rings (SSSR count). The fourth-order valence-corrected chi connectivity index (χ4v) is 5.56. The van der Waals surface area contributed by atoms with Gasteiger partial charge in [-0.2, -0.15) is 0 Å². The molecule has 3 aromatic carbocycles. The first kappa shape index (κ1) is 25.4. The Labute approximate surface area is 225 Å². The molecule has 2 fully saturated rings. The highest BCUT2D eigenvalue weighted by Gasteiger charge is 2.37. The minimum absolute atomic E-state index is 0.178. The van der Waals surface area contributed by atoms with Crippen LogP contribution in [0, 0.1) is 0 Å². The van der Waals surface area contributed by atoms with Crippen LogP contribution in [0.5, 0.6) is 5.75 Å². The van der Waals surface area contributed by atoms with Gasteiger partial charge in [0.2, 0.25) is 5.91 Å². The van der Waals surface area contributed by atoms with E-state index in [1.807, 2.05) is 60.7 Å². The van der Waals surface area contributed by atoms with Gasteiger partial charge in [-0.1, -0.05) is 66.9 Å². The van der Waals surface area contributed by atoms with E-state index in [-0.39, 0.29) is 17.4 Å². The Morgan fingerprint density at radius 3 is 2.43 bits per heavy atom. The van der Waals surface area contributed by atoms with Crippen molar-refractivity contribution in [2.75, 3.05) is 19.6 Å². The van der Waals surface area contributed by atoms with E-state index >= 15 is 0 Å². The van der Waals surface area contributed by atoms with Crippen LogP contribution in [-0.4, -0.2) is 46.5 Å². The molecule has 2 heterocycles. The standard InChI is InChI=1S/C29H27ClN2O4S/c30-22-12-9-20(10-13-22)19-36-25-14-11-21-7-3-4-8-23(21)24(25)17-26-28(34)32(29(35)37-26)18-27(33)31-15-5-1-2-6-16-31/h3-4,7-14,17H,1-2,5-6,15-16,18-19H2. The smallest absolute Gasteiger partial charge is 0.294 e. The Kier molecular flexibility index (Phi) is 7.82. The minimum Gasteiger partial charge on any atom is -0.488 e. The van der Waals surface area contributed by atoms with Crippen molar-refractivity contribution in [3.05, 3.63) is 81.7 Å². The van der Waals surface area contributed by atoms with Gasteiger partial charge in [0.15, 0.2) is 0 Å². The molecule has 0 spiro atoms. The van der Waals surface area contributed by atoms with Gasteiger partial charge in [0.1, 0.15) is 18.9 Å². The maximum Gasteiger partial charge on any atom is 0.294 e. The Hall–Kier alpha value is -3.29. The molecule has 0 bridgehead atoms. The number of fused-ring (bicyclic) bond motifs is 1. The molecule has 2 aliphatic heterocycles. The molecule has 3 aromatic rings.